The lowest BCUT2D eigenvalue weighted by atomic mass is 9.79. The lowest BCUT2D eigenvalue weighted by Crippen LogP contribution is -2.40. The Labute approximate surface area is 171 Å². The van der Waals surface area contributed by atoms with Gasteiger partial charge in [-0.25, -0.2) is 0 Å². The van der Waals surface area contributed by atoms with Crippen LogP contribution in [0.1, 0.15) is 12.0 Å². The van der Waals surface area contributed by atoms with Gasteiger partial charge in [0.2, 0.25) is 5.91 Å². The molecule has 6 atom stereocenters. The zero-order valence-corrected chi connectivity index (χ0v) is 16.7. The summed E-state index contributed by atoms with van der Waals surface area (Å²) in [5.74, 6) is 0.129. The van der Waals surface area contributed by atoms with Gasteiger partial charge in [0.25, 0.3) is 0 Å². The normalized spacial score (nSPS) is 32.2. The molecule has 5 rings (SSSR count). The van der Waals surface area contributed by atoms with E-state index in [1.807, 2.05) is 54.6 Å². The van der Waals surface area contributed by atoms with E-state index in [4.69, 9.17) is 9.47 Å². The molecule has 0 spiro atoms. The van der Waals surface area contributed by atoms with Crippen molar-refractivity contribution in [3.63, 3.8) is 0 Å². The van der Waals surface area contributed by atoms with Gasteiger partial charge in [0, 0.05) is 11.6 Å². The molecule has 0 radical (unpaired) electrons. The number of nitrogens with one attached hydrogen (secondary N) is 1. The maximum atomic E-state index is 12.9. The Bertz CT molecular complexity index is 901. The maximum absolute atomic E-state index is 12.9. The number of hydrogen-bond donors (Lipinski definition) is 1. The number of hydrogen-bond acceptors (Lipinski definition) is 4. The van der Waals surface area contributed by atoms with Crippen molar-refractivity contribution >= 4 is 33.5 Å². The van der Waals surface area contributed by atoms with Crippen LogP contribution < -0.4 is 10.1 Å². The third-order valence-electron chi connectivity index (χ3n) is 6.20. The van der Waals surface area contributed by atoms with Crippen molar-refractivity contribution in [1.82, 2.24) is 0 Å². The first-order valence-corrected chi connectivity index (χ1v) is 10.5. The third-order valence-corrected chi connectivity index (χ3v) is 7.40. The number of rotatable bonds is 5. The molecular weight excluding hydrogens is 422 g/mol. The topological polar surface area (TPSA) is 64.6 Å². The molecule has 5 nitrogen and oxygen atoms in total. The van der Waals surface area contributed by atoms with Gasteiger partial charge in [-0.15, -0.1) is 0 Å². The van der Waals surface area contributed by atoms with Gasteiger partial charge in [-0.2, -0.15) is 0 Å². The van der Waals surface area contributed by atoms with Gasteiger partial charge in [-0.3, -0.25) is 9.59 Å². The molecule has 3 fully saturated rings. The van der Waals surface area contributed by atoms with Crippen molar-refractivity contribution in [3.8, 4) is 5.75 Å². The number of alkyl halides is 1. The molecule has 28 heavy (non-hydrogen) atoms. The van der Waals surface area contributed by atoms with Crippen LogP contribution in [0, 0.1) is 23.7 Å². The average molecular weight is 442 g/mol. The molecule has 144 valence electrons. The van der Waals surface area contributed by atoms with Gasteiger partial charge in [-0.1, -0.05) is 46.3 Å². The van der Waals surface area contributed by atoms with E-state index in [1.165, 1.54) is 0 Å². The Morgan fingerprint density at radius 2 is 1.86 bits per heavy atom. The third kappa shape index (κ3) is 2.91. The largest absolute Gasteiger partial charge is 0.489 e. The maximum Gasteiger partial charge on any atom is 0.310 e. The van der Waals surface area contributed by atoms with Crippen LogP contribution in [0.5, 0.6) is 5.75 Å². The van der Waals surface area contributed by atoms with Gasteiger partial charge in [0.1, 0.15) is 18.5 Å². The van der Waals surface area contributed by atoms with Crippen molar-refractivity contribution in [2.45, 2.75) is 24.0 Å². The summed E-state index contributed by atoms with van der Waals surface area (Å²) >= 11 is 3.64. The Hall–Kier alpha value is -2.34. The summed E-state index contributed by atoms with van der Waals surface area (Å²) in [6.07, 6.45) is 0.814. The fraction of sp³-hybridized carbons (Fsp3) is 0.364. The number of amides is 1. The minimum atomic E-state index is -0.324. The van der Waals surface area contributed by atoms with E-state index in [2.05, 4.69) is 21.2 Å². The summed E-state index contributed by atoms with van der Waals surface area (Å²) in [5.41, 5.74) is 1.80. The van der Waals surface area contributed by atoms with Crippen LogP contribution in [0.2, 0.25) is 0 Å². The van der Waals surface area contributed by atoms with E-state index in [9.17, 15) is 9.59 Å². The highest BCUT2D eigenvalue weighted by Gasteiger charge is 2.67. The molecule has 2 aromatic rings. The summed E-state index contributed by atoms with van der Waals surface area (Å²) < 4.78 is 11.3. The SMILES string of the molecule is O=C(Nc1ccc(OCc2ccccc2)cc1)[C@@H]1[C@H]2C[C@H]3[C@H](OC(=O)[C@@H]31)[C@@H]2Br. The van der Waals surface area contributed by atoms with Gasteiger partial charge >= 0.3 is 5.97 Å². The summed E-state index contributed by atoms with van der Waals surface area (Å²) in [6, 6.07) is 17.3. The lowest BCUT2D eigenvalue weighted by molar-refractivity contribution is -0.145. The van der Waals surface area contributed by atoms with Crippen molar-refractivity contribution in [2.24, 2.45) is 23.7 Å². The van der Waals surface area contributed by atoms with Crippen LogP contribution in [0.15, 0.2) is 54.6 Å². The molecule has 2 aromatic carbocycles. The van der Waals surface area contributed by atoms with Crippen molar-refractivity contribution in [3.05, 3.63) is 60.2 Å². The van der Waals surface area contributed by atoms with Gasteiger partial charge < -0.3 is 14.8 Å². The molecule has 0 unspecified atom stereocenters. The first kappa shape index (κ1) is 17.7. The number of halogens is 1. The van der Waals surface area contributed by atoms with Gasteiger partial charge in [-0.05, 0) is 42.2 Å². The van der Waals surface area contributed by atoms with E-state index in [0.717, 1.165) is 17.7 Å². The summed E-state index contributed by atoms with van der Waals surface area (Å²) in [5, 5.41) is 2.97. The van der Waals surface area contributed by atoms with E-state index >= 15 is 0 Å². The lowest BCUT2D eigenvalue weighted by Gasteiger charge is -2.27. The second-order valence-electron chi connectivity index (χ2n) is 7.75. The summed E-state index contributed by atoms with van der Waals surface area (Å²) in [4.78, 5) is 25.2. The fourth-order valence-corrected chi connectivity index (χ4v) is 5.98. The van der Waals surface area contributed by atoms with Crippen molar-refractivity contribution in [1.29, 1.82) is 0 Å². The zero-order chi connectivity index (χ0) is 19.3. The average Bonchev–Trinajstić information content (AvgIpc) is 3.32. The van der Waals surface area contributed by atoms with Crippen molar-refractivity contribution < 1.29 is 19.1 Å². The number of ether oxygens (including phenoxy) is 2. The standard InChI is InChI=1S/C22H20BrNO4/c23-19-15-10-16-18(22(26)28-20(16)19)17(15)21(25)24-13-6-8-14(9-7-13)27-11-12-4-2-1-3-5-12/h1-9,15-20H,10-11H2,(H,24,25)/t15-,16-,17-,18+,19-,20+/m1/s1. The number of carbonyl (C=O) groups is 2. The Kier molecular flexibility index (Phi) is 4.38. The Balaban J connectivity index is 1.23. The van der Waals surface area contributed by atoms with Crippen LogP contribution in [-0.2, 0) is 20.9 Å². The molecule has 3 aliphatic rings. The molecule has 1 aliphatic heterocycles. The van der Waals surface area contributed by atoms with Crippen LogP contribution in [0.25, 0.3) is 0 Å². The predicted molar refractivity (Wildman–Crippen MR) is 107 cm³/mol. The second kappa shape index (κ2) is 6.92. The van der Waals surface area contributed by atoms with Crippen LogP contribution in [0.3, 0.4) is 0 Å². The minimum Gasteiger partial charge on any atom is -0.489 e. The monoisotopic (exact) mass is 441 g/mol. The first-order valence-electron chi connectivity index (χ1n) is 9.54. The molecule has 1 amide bonds. The van der Waals surface area contributed by atoms with Crippen LogP contribution in [0.4, 0.5) is 5.69 Å². The fourth-order valence-electron chi connectivity index (χ4n) is 4.93. The predicted octanol–water partition coefficient (Wildman–Crippen LogP) is 3.78. The highest BCUT2D eigenvalue weighted by atomic mass is 79.9. The smallest absolute Gasteiger partial charge is 0.310 e. The molecule has 0 aromatic heterocycles. The van der Waals surface area contributed by atoms with E-state index in [-0.39, 0.29) is 46.5 Å². The molecule has 2 saturated carbocycles. The number of anilines is 1. The molecule has 1 saturated heterocycles. The first-order chi connectivity index (χ1) is 13.6. The second-order valence-corrected chi connectivity index (χ2v) is 8.81. The number of benzene rings is 2. The highest BCUT2D eigenvalue weighted by molar-refractivity contribution is 9.09. The molecule has 2 aliphatic carbocycles. The van der Waals surface area contributed by atoms with Gasteiger partial charge in [0.05, 0.1) is 16.7 Å². The van der Waals surface area contributed by atoms with Gasteiger partial charge in [0.15, 0.2) is 0 Å². The number of fused-ring (bicyclic) bond motifs is 1. The van der Waals surface area contributed by atoms with Crippen LogP contribution in [-0.4, -0.2) is 22.8 Å². The minimum absolute atomic E-state index is 0.0624. The van der Waals surface area contributed by atoms with Crippen LogP contribution >= 0.6 is 15.9 Å². The molecule has 6 heteroatoms. The zero-order valence-electron chi connectivity index (χ0n) is 15.1. The molecule has 1 N–H and O–H groups in total. The molecular formula is C22H20BrNO4. The Morgan fingerprint density at radius 3 is 2.61 bits per heavy atom. The van der Waals surface area contributed by atoms with E-state index in [1.54, 1.807) is 0 Å². The summed E-state index contributed by atoms with van der Waals surface area (Å²) in [7, 11) is 0. The molecule has 2 bridgehead atoms. The number of carbonyl (C=O) groups excluding carboxylic acids is 2. The van der Waals surface area contributed by atoms with E-state index < -0.39 is 0 Å². The van der Waals surface area contributed by atoms with Crippen molar-refractivity contribution in [2.75, 3.05) is 5.32 Å². The number of esters is 1. The highest BCUT2D eigenvalue weighted by Crippen LogP contribution is 2.60. The Morgan fingerprint density at radius 1 is 1.11 bits per heavy atom. The summed E-state index contributed by atoms with van der Waals surface area (Å²) in [6.45, 7) is 0.495. The molecule has 1 heterocycles. The van der Waals surface area contributed by atoms with E-state index in [0.29, 0.717) is 12.3 Å². The quantitative estimate of drug-likeness (QED) is 0.566.